The van der Waals surface area contributed by atoms with Crippen molar-refractivity contribution in [3.05, 3.63) is 12.2 Å². The van der Waals surface area contributed by atoms with Crippen LogP contribution in [0.3, 0.4) is 0 Å². The number of nitrogens with one attached hydrogen (secondary N) is 11. The van der Waals surface area contributed by atoms with E-state index in [1.54, 1.807) is 24.8 Å². The van der Waals surface area contributed by atoms with Crippen LogP contribution in [-0.2, 0) is 101 Å². The van der Waals surface area contributed by atoms with Crippen LogP contribution in [0.5, 0.6) is 0 Å². The predicted octanol–water partition coefficient (Wildman–Crippen LogP) is -20.5. The second-order valence-corrected chi connectivity index (χ2v) is 28.6. The average molecular weight is 1760 g/mol. The van der Waals surface area contributed by atoms with Gasteiger partial charge in [0.2, 0.25) is 76.8 Å². The van der Waals surface area contributed by atoms with E-state index in [4.69, 9.17) is 4.74 Å². The Balaban J connectivity index is -0.00000113. The Hall–Kier alpha value is -6.88. The fraction of sp³-hybridized carbons (Fsp3) is 0.685. The summed E-state index contributed by atoms with van der Waals surface area (Å²) in [7, 11) is 0. The van der Waals surface area contributed by atoms with Crippen LogP contribution in [0, 0.1) is 0 Å². The summed E-state index contributed by atoms with van der Waals surface area (Å²) in [6, 6.07) is -1.26. The first kappa shape index (κ1) is 119. The van der Waals surface area contributed by atoms with Gasteiger partial charge < -0.3 is 128 Å². The molecule has 0 bridgehead atoms. The third-order valence-corrected chi connectivity index (χ3v) is 18.7. The number of rotatable bonds is 62. The Bertz CT molecular complexity index is 3350. The molecule has 2 fully saturated rings. The number of carbonyl (C=O) groups is 21. The number of Topliss-reactive ketones (excluding diaryl/α,β-unsaturated/α-hetero) is 2. The molecule has 2 aliphatic rings. The summed E-state index contributed by atoms with van der Waals surface area (Å²) >= 11 is 1.62. The van der Waals surface area contributed by atoms with Crippen molar-refractivity contribution in [3.8, 4) is 0 Å². The minimum Gasteiger partial charge on any atom is -0.548 e. The maximum atomic E-state index is 12.6. The van der Waals surface area contributed by atoms with Crippen molar-refractivity contribution in [2.45, 2.75) is 205 Å². The number of aliphatic hydroxyl groups excluding tert-OH is 1. The van der Waals surface area contributed by atoms with Gasteiger partial charge in [-0.1, -0.05) is 122 Å². The van der Waals surface area contributed by atoms with Gasteiger partial charge in [0.05, 0.1) is 159 Å². The van der Waals surface area contributed by atoms with Crippen molar-refractivity contribution in [2.24, 2.45) is 0 Å². The third-order valence-electron chi connectivity index (χ3n) is 17.2. The largest absolute Gasteiger partial charge is 1.00 e. The Morgan fingerprint density at radius 1 is 0.433 bits per heavy atom. The number of carbonyl (C=O) groups excluding carboxylic acids is 21. The van der Waals surface area contributed by atoms with E-state index in [0.717, 1.165) is 31.9 Å². The van der Waals surface area contributed by atoms with Gasteiger partial charge in [-0.15, -0.1) is 0 Å². The molecule has 47 heteroatoms. The number of esters is 1. The van der Waals surface area contributed by atoms with Gasteiger partial charge in [-0.3, -0.25) is 76.7 Å². The molecule has 2 aliphatic heterocycles. The monoisotopic (exact) mass is 1760 g/mol. The van der Waals surface area contributed by atoms with E-state index < -0.39 is 236 Å². The maximum Gasteiger partial charge on any atom is 1.00 e. The van der Waals surface area contributed by atoms with E-state index in [1.807, 2.05) is 6.92 Å². The van der Waals surface area contributed by atoms with E-state index in [0.29, 0.717) is 45.3 Å². The minimum absolute atomic E-state index is 0. The van der Waals surface area contributed by atoms with Gasteiger partial charge >= 0.3 is 130 Å². The molecule has 2 rings (SSSR count). The summed E-state index contributed by atoms with van der Waals surface area (Å²) in [5, 5.41) is 80.5. The zero-order valence-electron chi connectivity index (χ0n) is 70.3. The molecule has 2 saturated heterocycles. The molecule has 652 valence electrons. The summed E-state index contributed by atoms with van der Waals surface area (Å²) in [6.45, 7) is -5.73. The summed E-state index contributed by atoms with van der Waals surface area (Å²) in [4.78, 5) is 254. The summed E-state index contributed by atoms with van der Waals surface area (Å²) in [5.41, 5.74) is 0. The normalized spacial score (nSPS) is 13.6. The van der Waals surface area contributed by atoms with Gasteiger partial charge in [0.15, 0.2) is 5.78 Å². The first-order valence-corrected chi connectivity index (χ1v) is 39.6. The van der Waals surface area contributed by atoms with Gasteiger partial charge in [-0.2, -0.15) is 11.8 Å². The molecule has 2 heterocycles. The molecule has 0 aromatic heterocycles. The number of hydrogen-bond acceptors (Lipinski definition) is 28. The molecule has 0 unspecified atom stereocenters. The number of urea groups is 1. The van der Waals surface area contributed by atoms with Gasteiger partial charge in [-0.05, 0) is 33.1 Å². The van der Waals surface area contributed by atoms with Crippen molar-refractivity contribution in [1.29, 1.82) is 0 Å². The number of carboxylic acid groups (broad SMARTS) is 4. The van der Waals surface area contributed by atoms with Crippen LogP contribution >= 0.6 is 11.8 Å². The molecule has 0 saturated carbocycles. The molecule has 0 aromatic rings. The summed E-state index contributed by atoms with van der Waals surface area (Å²) in [5.74, 6) is -18.6. The van der Waals surface area contributed by atoms with E-state index in [9.17, 15) is 126 Å². The SMILES string of the molecule is C/C=C/[C@@H](O)[C@@H](COC(=O)CCC(=O)NCC(=O)NCC(=O)N(CC(=O)[O-])CC(=O)NCC(=O)NCC(=O)N(CC(C)=O)CC(=O)[O-])NC(=O)CCCCCCCCCCCCCCCCC.CCCCC(=O)CN(CC(=O)[O-])C(=O)CNC(=O)CNC(=O)CN(CC(=O)[O-])C(=O)CNC(=O)CNC(=O)CC[C@@H]1SC[C@@H]2NC(=O)N[C@@H]21.[Na+].[Na+].[Na+].[Na+]. The molecule has 12 N–H and O–H groups in total. The second kappa shape index (κ2) is 71.5. The fourth-order valence-electron chi connectivity index (χ4n) is 11.1. The topological polar surface area (TPSA) is 625 Å². The number of aliphatic hydroxyl groups is 1. The summed E-state index contributed by atoms with van der Waals surface area (Å²) in [6.07, 6.45) is 21.2. The number of aliphatic carboxylic acids is 4. The number of hydrogen-bond donors (Lipinski definition) is 12. The van der Waals surface area contributed by atoms with Crippen LogP contribution in [0.4, 0.5) is 4.79 Å². The molecule has 0 aliphatic carbocycles. The number of unbranched alkanes of at least 4 members (excludes halogenated alkanes) is 15. The molecule has 5 atom stereocenters. The van der Waals surface area contributed by atoms with Crippen molar-refractivity contribution in [3.63, 3.8) is 0 Å². The van der Waals surface area contributed by atoms with E-state index in [1.165, 1.54) is 76.7 Å². The first-order valence-electron chi connectivity index (χ1n) is 38.6. The number of fused-ring (bicyclic) bond motifs is 1. The van der Waals surface area contributed by atoms with Crippen molar-refractivity contribution in [2.75, 3.05) is 117 Å². The smallest absolute Gasteiger partial charge is 0.548 e. The fourth-order valence-corrected chi connectivity index (χ4v) is 12.6. The molecular formula is C73H113N15Na4O27S. The molecule has 15 amide bonds. The summed E-state index contributed by atoms with van der Waals surface area (Å²) < 4.78 is 5.21. The second-order valence-electron chi connectivity index (χ2n) is 27.3. The van der Waals surface area contributed by atoms with Gasteiger partial charge in [0, 0.05) is 36.7 Å². The number of ether oxygens (including phenoxy) is 1. The quantitative estimate of drug-likeness (QED) is 0.00884. The number of nitrogens with zero attached hydrogens (tertiary/aromatic N) is 4. The number of amides is 15. The predicted molar refractivity (Wildman–Crippen MR) is 403 cm³/mol. The van der Waals surface area contributed by atoms with Crippen molar-refractivity contribution < 1.29 is 249 Å². The minimum atomic E-state index is -1.76. The number of allylic oxidation sites excluding steroid dienone is 1. The van der Waals surface area contributed by atoms with Gasteiger partial charge in [0.1, 0.15) is 12.4 Å². The van der Waals surface area contributed by atoms with Crippen LogP contribution < -0.4 is 197 Å². The van der Waals surface area contributed by atoms with Crippen LogP contribution in [0.25, 0.3) is 0 Å². The number of ketones is 2. The molecule has 0 aromatic carbocycles. The van der Waals surface area contributed by atoms with Crippen molar-refractivity contribution in [1.82, 2.24) is 78.1 Å². The number of carboxylic acids is 4. The third kappa shape index (κ3) is 60.6. The molecule has 120 heavy (non-hydrogen) atoms. The van der Waals surface area contributed by atoms with Gasteiger partial charge in [0.25, 0.3) is 0 Å². The van der Waals surface area contributed by atoms with Crippen LogP contribution in [0.2, 0.25) is 0 Å². The molecular weight excluding hydrogens is 1640 g/mol. The Morgan fingerprint density at radius 2 is 0.792 bits per heavy atom. The number of thioether (sulfide) groups is 1. The first-order chi connectivity index (χ1) is 55.0. The maximum absolute atomic E-state index is 12.6. The van der Waals surface area contributed by atoms with E-state index in [2.05, 4.69) is 65.4 Å². The zero-order valence-corrected chi connectivity index (χ0v) is 79.1. The van der Waals surface area contributed by atoms with Crippen LogP contribution in [0.15, 0.2) is 12.2 Å². The van der Waals surface area contributed by atoms with Crippen molar-refractivity contribution >= 4 is 136 Å². The Labute approximate surface area is 790 Å². The van der Waals surface area contributed by atoms with E-state index in [-0.39, 0.29) is 179 Å². The van der Waals surface area contributed by atoms with E-state index >= 15 is 0 Å². The molecule has 0 radical (unpaired) electrons. The standard InChI is InChI=1S/C45H75N7O15.C28H42N8O12S.4Na/c1-4-6-7-8-9-10-11-12-13-14-15-16-17-18-19-21-37(56)50-34(35(54)20-5-2)32-67-45(66)23-22-36(55)46-24-38(57)49-27-42(61)52(31-44(64)65)29-40(59)47-25-39(58)48-26-41(60)51(28-33(3)53)30-43(62)63;1-2-3-4-16(37)11-35(13-25(44)45)23(42)9-31-21(40)8-30-22(41)12-36(14-26(46)47)24(43)10-32-20(39)7-29-19(38)6-5-18-27-17(15-49-18)33-28(48)34-27;;;;/h5,20,34-35,54H,4,6-19,21-32H2,1-3H3,(H,46,55)(H,47,59)(H,48,58)(H,49,57)(H,50,56)(H,62,63)(H,64,65);17-18,27H,2-15H2,1H3,(H,29,38)(H,30,41)(H,31,40)(H,32,39)(H,44,45)(H,46,47)(H2,33,34,48);;;;/q;;4*+1/p-4/b20-5+;;;;;/t34-,35-;17-,18-,27-;;;;/m10..../s1. The molecule has 42 nitrogen and oxygen atoms in total. The Kier molecular flexibility index (Phi) is 71.2. The molecule has 0 spiro atoms. The average Bonchev–Trinajstić information content (AvgIpc) is 1.66. The van der Waals surface area contributed by atoms with Gasteiger partial charge in [-0.25, -0.2) is 4.79 Å². The Morgan fingerprint density at radius 3 is 1.18 bits per heavy atom. The zero-order chi connectivity index (χ0) is 86.9. The van der Waals surface area contributed by atoms with Crippen LogP contribution in [0.1, 0.15) is 175 Å². The van der Waals surface area contributed by atoms with Crippen LogP contribution in [-0.4, -0.2) is 295 Å².